The first-order valence-electron chi connectivity index (χ1n) is 7.65. The number of carbonyl (C=O) groups excluding carboxylic acids is 1. The molecule has 0 aliphatic rings. The van der Waals surface area contributed by atoms with Gasteiger partial charge in [-0.3, -0.25) is 4.79 Å². The largest absolute Gasteiger partial charge is 0.493 e. The van der Waals surface area contributed by atoms with E-state index in [1.807, 2.05) is 24.3 Å². The second kappa shape index (κ2) is 7.77. The zero-order valence-corrected chi connectivity index (χ0v) is 13.8. The van der Waals surface area contributed by atoms with Crippen LogP contribution in [0.2, 0.25) is 0 Å². The van der Waals surface area contributed by atoms with E-state index >= 15 is 0 Å². The van der Waals surface area contributed by atoms with E-state index in [9.17, 15) is 4.79 Å². The number of para-hydroxylation sites is 1. The highest BCUT2D eigenvalue weighted by atomic mass is 16.5. The standard InChI is InChI=1S/C19H14N4O3/c1-25-17-11-13(12-20)7-9-16(17)26-18-10-8-15(22-23-18)19(24)21-14-5-3-2-4-6-14/h2-11H,1H3,(H,21,24). The Morgan fingerprint density at radius 3 is 2.50 bits per heavy atom. The maximum atomic E-state index is 12.1. The van der Waals surface area contributed by atoms with Gasteiger partial charge < -0.3 is 14.8 Å². The average Bonchev–Trinajstić information content (AvgIpc) is 2.69. The molecule has 0 aliphatic heterocycles. The smallest absolute Gasteiger partial charge is 0.276 e. The first kappa shape index (κ1) is 16.9. The molecule has 0 bridgehead atoms. The van der Waals surface area contributed by atoms with Gasteiger partial charge in [0, 0.05) is 17.8 Å². The summed E-state index contributed by atoms with van der Waals surface area (Å²) in [6.45, 7) is 0. The minimum atomic E-state index is -0.369. The SMILES string of the molecule is COc1cc(C#N)ccc1Oc1ccc(C(=O)Nc2ccccc2)nn1. The molecule has 128 valence electrons. The van der Waals surface area contributed by atoms with Crippen LogP contribution in [0.3, 0.4) is 0 Å². The predicted molar refractivity (Wildman–Crippen MR) is 94.2 cm³/mol. The van der Waals surface area contributed by atoms with Gasteiger partial charge in [0.2, 0.25) is 5.88 Å². The molecule has 7 heteroatoms. The molecule has 3 rings (SSSR count). The number of nitrogens with zero attached hydrogens (tertiary/aromatic N) is 3. The molecular weight excluding hydrogens is 332 g/mol. The average molecular weight is 346 g/mol. The van der Waals surface area contributed by atoms with E-state index in [0.717, 1.165) is 0 Å². The summed E-state index contributed by atoms with van der Waals surface area (Å²) in [5.41, 5.74) is 1.28. The number of hydrogen-bond acceptors (Lipinski definition) is 6. The van der Waals surface area contributed by atoms with Gasteiger partial charge in [-0.15, -0.1) is 10.2 Å². The minimum Gasteiger partial charge on any atom is -0.493 e. The molecule has 0 atom stereocenters. The number of amides is 1. The number of nitriles is 1. The number of benzene rings is 2. The van der Waals surface area contributed by atoms with Gasteiger partial charge in [-0.05, 0) is 30.3 Å². The van der Waals surface area contributed by atoms with Gasteiger partial charge in [0.1, 0.15) is 0 Å². The van der Waals surface area contributed by atoms with E-state index in [0.29, 0.717) is 22.7 Å². The summed E-state index contributed by atoms with van der Waals surface area (Å²) in [6, 6.07) is 18.9. The number of aromatic nitrogens is 2. The predicted octanol–water partition coefficient (Wildman–Crippen LogP) is 3.40. The molecule has 1 heterocycles. The minimum absolute atomic E-state index is 0.160. The van der Waals surface area contributed by atoms with Crippen LogP contribution in [0.4, 0.5) is 5.69 Å². The lowest BCUT2D eigenvalue weighted by Crippen LogP contribution is -2.14. The fraction of sp³-hybridized carbons (Fsp3) is 0.0526. The maximum absolute atomic E-state index is 12.1. The van der Waals surface area contributed by atoms with Crippen LogP contribution in [-0.2, 0) is 0 Å². The zero-order valence-electron chi connectivity index (χ0n) is 13.8. The number of anilines is 1. The molecule has 26 heavy (non-hydrogen) atoms. The summed E-state index contributed by atoms with van der Waals surface area (Å²) in [6.07, 6.45) is 0. The Labute approximate surface area is 149 Å². The molecule has 3 aromatic rings. The lowest BCUT2D eigenvalue weighted by atomic mass is 10.2. The number of rotatable bonds is 5. The van der Waals surface area contributed by atoms with Gasteiger partial charge in [0.05, 0.1) is 18.7 Å². The third-order valence-corrected chi connectivity index (χ3v) is 3.41. The fourth-order valence-electron chi connectivity index (χ4n) is 2.15. The number of hydrogen-bond donors (Lipinski definition) is 1. The molecular formula is C19H14N4O3. The molecule has 0 saturated heterocycles. The highest BCUT2D eigenvalue weighted by Crippen LogP contribution is 2.31. The van der Waals surface area contributed by atoms with Gasteiger partial charge >= 0.3 is 0 Å². The Morgan fingerprint density at radius 1 is 1.04 bits per heavy atom. The maximum Gasteiger partial charge on any atom is 0.276 e. The highest BCUT2D eigenvalue weighted by Gasteiger charge is 2.11. The van der Waals surface area contributed by atoms with Crippen molar-refractivity contribution in [3.8, 4) is 23.4 Å². The van der Waals surface area contributed by atoms with Crippen molar-refractivity contribution in [1.29, 1.82) is 5.26 Å². The normalized spacial score (nSPS) is 9.85. The first-order chi connectivity index (χ1) is 12.7. The summed E-state index contributed by atoms with van der Waals surface area (Å²) in [7, 11) is 1.48. The van der Waals surface area contributed by atoms with Crippen molar-refractivity contribution >= 4 is 11.6 Å². The van der Waals surface area contributed by atoms with E-state index in [4.69, 9.17) is 14.7 Å². The summed E-state index contributed by atoms with van der Waals surface area (Å²) in [5.74, 6) is 0.620. The Morgan fingerprint density at radius 2 is 1.85 bits per heavy atom. The molecule has 0 saturated carbocycles. The number of ether oxygens (including phenoxy) is 2. The first-order valence-corrected chi connectivity index (χ1v) is 7.65. The Balaban J connectivity index is 1.72. The molecule has 0 radical (unpaired) electrons. The van der Waals surface area contributed by atoms with E-state index in [2.05, 4.69) is 15.5 Å². The van der Waals surface area contributed by atoms with E-state index in [1.165, 1.54) is 19.2 Å². The van der Waals surface area contributed by atoms with Crippen LogP contribution in [0.25, 0.3) is 0 Å². The second-order valence-electron chi connectivity index (χ2n) is 5.16. The number of methoxy groups -OCH3 is 1. The van der Waals surface area contributed by atoms with Crippen LogP contribution in [0.1, 0.15) is 16.1 Å². The lowest BCUT2D eigenvalue weighted by molar-refractivity contribution is 0.102. The number of nitrogens with one attached hydrogen (secondary N) is 1. The molecule has 1 aromatic heterocycles. The van der Waals surface area contributed by atoms with E-state index in [-0.39, 0.29) is 17.5 Å². The Hall–Kier alpha value is -3.92. The summed E-state index contributed by atoms with van der Waals surface area (Å²) < 4.78 is 10.8. The van der Waals surface area contributed by atoms with E-state index < -0.39 is 0 Å². The van der Waals surface area contributed by atoms with Gasteiger partial charge in [0.15, 0.2) is 17.2 Å². The summed E-state index contributed by atoms with van der Waals surface area (Å²) in [4.78, 5) is 12.1. The second-order valence-corrected chi connectivity index (χ2v) is 5.16. The van der Waals surface area contributed by atoms with Crippen LogP contribution >= 0.6 is 0 Å². The van der Waals surface area contributed by atoms with Crippen LogP contribution in [0.5, 0.6) is 17.4 Å². The molecule has 0 unspecified atom stereocenters. The molecule has 7 nitrogen and oxygen atoms in total. The highest BCUT2D eigenvalue weighted by molar-refractivity contribution is 6.02. The van der Waals surface area contributed by atoms with Crippen molar-refractivity contribution in [2.75, 3.05) is 12.4 Å². The van der Waals surface area contributed by atoms with Crippen LogP contribution in [-0.4, -0.2) is 23.2 Å². The molecule has 1 N–H and O–H groups in total. The summed E-state index contributed by atoms with van der Waals surface area (Å²) in [5, 5.41) is 19.4. The van der Waals surface area contributed by atoms with Crippen molar-refractivity contribution < 1.29 is 14.3 Å². The monoisotopic (exact) mass is 346 g/mol. The molecule has 0 aliphatic carbocycles. The third-order valence-electron chi connectivity index (χ3n) is 3.41. The Bertz CT molecular complexity index is 951. The van der Waals surface area contributed by atoms with Crippen LogP contribution in [0, 0.1) is 11.3 Å². The van der Waals surface area contributed by atoms with Crippen molar-refractivity contribution in [3.05, 3.63) is 71.9 Å². The van der Waals surface area contributed by atoms with Gasteiger partial charge in [0.25, 0.3) is 5.91 Å². The van der Waals surface area contributed by atoms with Crippen molar-refractivity contribution in [3.63, 3.8) is 0 Å². The molecule has 0 fully saturated rings. The molecule has 2 aromatic carbocycles. The van der Waals surface area contributed by atoms with Gasteiger partial charge in [-0.1, -0.05) is 18.2 Å². The third kappa shape index (κ3) is 3.94. The molecule has 1 amide bonds. The topological polar surface area (TPSA) is 97.1 Å². The summed E-state index contributed by atoms with van der Waals surface area (Å²) >= 11 is 0. The van der Waals surface area contributed by atoms with Crippen LogP contribution in [0.15, 0.2) is 60.7 Å². The van der Waals surface area contributed by atoms with Crippen molar-refractivity contribution in [1.82, 2.24) is 10.2 Å². The lowest BCUT2D eigenvalue weighted by Gasteiger charge is -2.09. The van der Waals surface area contributed by atoms with Gasteiger partial charge in [-0.25, -0.2) is 0 Å². The quantitative estimate of drug-likeness (QED) is 0.760. The van der Waals surface area contributed by atoms with Gasteiger partial charge in [-0.2, -0.15) is 5.26 Å². The van der Waals surface area contributed by atoms with E-state index in [1.54, 1.807) is 30.3 Å². The van der Waals surface area contributed by atoms with Crippen molar-refractivity contribution in [2.45, 2.75) is 0 Å². The Kier molecular flexibility index (Phi) is 5.05. The number of carbonyl (C=O) groups is 1. The van der Waals surface area contributed by atoms with Crippen molar-refractivity contribution in [2.24, 2.45) is 0 Å². The fourth-order valence-corrected chi connectivity index (χ4v) is 2.15. The molecule has 0 spiro atoms. The zero-order chi connectivity index (χ0) is 18.4. The van der Waals surface area contributed by atoms with Crippen LogP contribution < -0.4 is 14.8 Å².